The van der Waals surface area contributed by atoms with Crippen molar-refractivity contribution in [3.8, 4) is 5.75 Å². The van der Waals surface area contributed by atoms with E-state index < -0.39 is 0 Å². The Hall–Kier alpha value is -1.02. The zero-order valence-electron chi connectivity index (χ0n) is 10.4. The third kappa shape index (κ3) is 1.82. The Morgan fingerprint density at radius 2 is 2.00 bits per heavy atom. The van der Waals surface area contributed by atoms with Gasteiger partial charge in [0.25, 0.3) is 0 Å². The van der Waals surface area contributed by atoms with E-state index in [-0.39, 0.29) is 6.04 Å². The first kappa shape index (κ1) is 11.5. The molecule has 2 N–H and O–H groups in total. The molecular formula is C14H21NO. The second-order valence-electron chi connectivity index (χ2n) is 4.94. The van der Waals surface area contributed by atoms with E-state index in [1.54, 1.807) is 7.11 Å². The van der Waals surface area contributed by atoms with Crippen LogP contribution in [0.1, 0.15) is 43.0 Å². The molecule has 0 radical (unpaired) electrons. The average Bonchev–Trinajstić information content (AvgIpc) is 2.74. The summed E-state index contributed by atoms with van der Waals surface area (Å²) in [5.74, 6) is 1.41. The van der Waals surface area contributed by atoms with Crippen molar-refractivity contribution >= 4 is 0 Å². The number of benzene rings is 1. The molecule has 2 rings (SSSR count). The predicted octanol–water partition coefficient (Wildman–Crippen LogP) is 2.84. The third-order valence-corrected chi connectivity index (χ3v) is 3.56. The van der Waals surface area contributed by atoms with Gasteiger partial charge in [0.2, 0.25) is 0 Å². The number of ether oxygens (including phenoxy) is 1. The van der Waals surface area contributed by atoms with Crippen LogP contribution in [-0.4, -0.2) is 7.11 Å². The van der Waals surface area contributed by atoms with Gasteiger partial charge in [0.05, 0.1) is 7.11 Å². The largest absolute Gasteiger partial charge is 0.496 e. The molecular weight excluding hydrogens is 198 g/mol. The van der Waals surface area contributed by atoms with Crippen molar-refractivity contribution in [2.45, 2.75) is 39.2 Å². The van der Waals surface area contributed by atoms with Gasteiger partial charge >= 0.3 is 0 Å². The number of methoxy groups -OCH3 is 1. The topological polar surface area (TPSA) is 35.2 Å². The van der Waals surface area contributed by atoms with E-state index in [0.29, 0.717) is 5.92 Å². The van der Waals surface area contributed by atoms with Crippen molar-refractivity contribution < 1.29 is 4.74 Å². The fourth-order valence-corrected chi connectivity index (χ4v) is 2.55. The fraction of sp³-hybridized carbons (Fsp3) is 0.571. The first-order valence-electron chi connectivity index (χ1n) is 6.09. The molecule has 2 nitrogen and oxygen atoms in total. The number of hydrogen-bond donors (Lipinski definition) is 1. The van der Waals surface area contributed by atoms with Crippen LogP contribution in [0.3, 0.4) is 0 Å². The minimum atomic E-state index is 0.0861. The lowest BCUT2D eigenvalue weighted by molar-refractivity contribution is 0.395. The summed E-state index contributed by atoms with van der Waals surface area (Å²) in [6.45, 7) is 4.33. The average molecular weight is 219 g/mol. The summed E-state index contributed by atoms with van der Waals surface area (Å²) >= 11 is 0. The molecule has 1 aromatic carbocycles. The monoisotopic (exact) mass is 219 g/mol. The normalized spacial score (nSPS) is 16.3. The predicted molar refractivity (Wildman–Crippen MR) is 66.8 cm³/mol. The molecule has 88 valence electrons. The Labute approximate surface area is 97.8 Å². The van der Waals surface area contributed by atoms with Crippen LogP contribution in [0.15, 0.2) is 12.1 Å². The molecule has 0 spiro atoms. The van der Waals surface area contributed by atoms with Gasteiger partial charge in [0.1, 0.15) is 5.75 Å². The number of fused-ring (bicyclic) bond motifs is 1. The molecule has 1 aliphatic rings. The minimum absolute atomic E-state index is 0.0861. The van der Waals surface area contributed by atoms with Crippen molar-refractivity contribution in [1.29, 1.82) is 0 Å². The van der Waals surface area contributed by atoms with Gasteiger partial charge in [0, 0.05) is 11.6 Å². The summed E-state index contributed by atoms with van der Waals surface area (Å²) < 4.78 is 5.46. The molecule has 1 aromatic rings. The van der Waals surface area contributed by atoms with E-state index >= 15 is 0 Å². The summed E-state index contributed by atoms with van der Waals surface area (Å²) in [6, 6.07) is 4.35. The lowest BCUT2D eigenvalue weighted by atomic mass is 9.90. The van der Waals surface area contributed by atoms with Crippen molar-refractivity contribution in [2.75, 3.05) is 7.11 Å². The maximum Gasteiger partial charge on any atom is 0.123 e. The van der Waals surface area contributed by atoms with Crippen LogP contribution in [-0.2, 0) is 12.8 Å². The van der Waals surface area contributed by atoms with Crippen LogP contribution in [0, 0.1) is 5.92 Å². The van der Waals surface area contributed by atoms with Crippen LogP contribution in [0.4, 0.5) is 0 Å². The number of aryl methyl sites for hydroxylation is 1. The number of rotatable bonds is 3. The lowest BCUT2D eigenvalue weighted by Crippen LogP contribution is -2.19. The van der Waals surface area contributed by atoms with E-state index in [2.05, 4.69) is 26.0 Å². The van der Waals surface area contributed by atoms with Crippen LogP contribution >= 0.6 is 0 Å². The van der Waals surface area contributed by atoms with Crippen LogP contribution in [0.25, 0.3) is 0 Å². The molecule has 1 atom stereocenters. The highest BCUT2D eigenvalue weighted by Gasteiger charge is 2.24. The summed E-state index contributed by atoms with van der Waals surface area (Å²) in [5, 5.41) is 0. The molecule has 2 heteroatoms. The summed E-state index contributed by atoms with van der Waals surface area (Å²) in [5.41, 5.74) is 10.5. The van der Waals surface area contributed by atoms with Gasteiger partial charge < -0.3 is 10.5 Å². The van der Waals surface area contributed by atoms with Crippen molar-refractivity contribution in [3.05, 3.63) is 28.8 Å². The Morgan fingerprint density at radius 3 is 2.62 bits per heavy atom. The molecule has 16 heavy (non-hydrogen) atoms. The summed E-state index contributed by atoms with van der Waals surface area (Å²) in [4.78, 5) is 0. The van der Waals surface area contributed by atoms with E-state index in [1.807, 2.05) is 0 Å². The SMILES string of the molecule is COc1ccc2c(c1[C@@H](N)C(C)C)CCC2. The summed E-state index contributed by atoms with van der Waals surface area (Å²) in [7, 11) is 1.73. The standard InChI is InChI=1S/C14H21NO/c1-9(2)14(15)13-11-6-4-5-10(11)7-8-12(13)16-3/h7-9,14H,4-6,15H2,1-3H3/t14-/m0/s1. The molecule has 0 saturated carbocycles. The lowest BCUT2D eigenvalue weighted by Gasteiger charge is -2.22. The zero-order chi connectivity index (χ0) is 11.7. The van der Waals surface area contributed by atoms with E-state index in [1.165, 1.54) is 29.5 Å². The number of hydrogen-bond acceptors (Lipinski definition) is 2. The van der Waals surface area contributed by atoms with Gasteiger partial charge in [-0.05, 0) is 42.4 Å². The molecule has 1 aliphatic carbocycles. The van der Waals surface area contributed by atoms with Gasteiger partial charge in [-0.15, -0.1) is 0 Å². The zero-order valence-corrected chi connectivity index (χ0v) is 10.4. The van der Waals surface area contributed by atoms with Gasteiger partial charge in [-0.2, -0.15) is 0 Å². The highest BCUT2D eigenvalue weighted by molar-refractivity contribution is 5.49. The van der Waals surface area contributed by atoms with E-state index in [4.69, 9.17) is 10.5 Å². The molecule has 0 fully saturated rings. The first-order chi connectivity index (χ1) is 7.65. The second kappa shape index (κ2) is 4.46. The Kier molecular flexibility index (Phi) is 3.20. The smallest absolute Gasteiger partial charge is 0.123 e. The van der Waals surface area contributed by atoms with E-state index in [0.717, 1.165) is 12.2 Å². The van der Waals surface area contributed by atoms with Gasteiger partial charge in [-0.25, -0.2) is 0 Å². The highest BCUT2D eigenvalue weighted by atomic mass is 16.5. The first-order valence-corrected chi connectivity index (χ1v) is 6.09. The van der Waals surface area contributed by atoms with Crippen LogP contribution in [0.2, 0.25) is 0 Å². The van der Waals surface area contributed by atoms with Crippen LogP contribution < -0.4 is 10.5 Å². The molecule has 0 saturated heterocycles. The van der Waals surface area contributed by atoms with Crippen molar-refractivity contribution in [3.63, 3.8) is 0 Å². The van der Waals surface area contributed by atoms with Crippen molar-refractivity contribution in [1.82, 2.24) is 0 Å². The quantitative estimate of drug-likeness (QED) is 0.848. The molecule has 0 aliphatic heterocycles. The third-order valence-electron chi connectivity index (χ3n) is 3.56. The van der Waals surface area contributed by atoms with Gasteiger partial charge in [-0.3, -0.25) is 0 Å². The second-order valence-corrected chi connectivity index (χ2v) is 4.94. The molecule has 0 heterocycles. The minimum Gasteiger partial charge on any atom is -0.496 e. The Balaban J connectivity index is 2.51. The maximum absolute atomic E-state index is 6.31. The molecule has 0 bridgehead atoms. The van der Waals surface area contributed by atoms with Crippen LogP contribution in [0.5, 0.6) is 5.75 Å². The van der Waals surface area contributed by atoms with E-state index in [9.17, 15) is 0 Å². The summed E-state index contributed by atoms with van der Waals surface area (Å²) in [6.07, 6.45) is 3.60. The van der Waals surface area contributed by atoms with Gasteiger partial charge in [-0.1, -0.05) is 19.9 Å². The molecule has 0 amide bonds. The maximum atomic E-state index is 6.31. The fourth-order valence-electron chi connectivity index (χ4n) is 2.55. The van der Waals surface area contributed by atoms with Gasteiger partial charge in [0.15, 0.2) is 0 Å². The van der Waals surface area contributed by atoms with Crippen molar-refractivity contribution in [2.24, 2.45) is 11.7 Å². The molecule has 0 aromatic heterocycles. The Bertz CT molecular complexity index is 385. The Morgan fingerprint density at radius 1 is 1.25 bits per heavy atom. The molecule has 0 unspecified atom stereocenters. The number of nitrogens with two attached hydrogens (primary N) is 1. The highest BCUT2D eigenvalue weighted by Crippen LogP contribution is 2.37.